The van der Waals surface area contributed by atoms with E-state index in [1.165, 1.54) is 19.0 Å². The standard InChI is InChI=1S/C18H27N3O4S2/c22-15(23)12-27(25)16-11-19-17(26-16)20-18(24)21(13-7-3-1-4-8-13)14-9-5-2-6-10-14/h11,13-14H,1-10,12H2,(H,22,23)(H,19,20,24). The van der Waals surface area contributed by atoms with Crippen molar-refractivity contribution < 1.29 is 18.9 Å². The van der Waals surface area contributed by atoms with E-state index < -0.39 is 22.5 Å². The van der Waals surface area contributed by atoms with E-state index in [0.29, 0.717) is 9.34 Å². The minimum atomic E-state index is -1.64. The molecule has 150 valence electrons. The number of anilines is 1. The van der Waals surface area contributed by atoms with Crippen molar-refractivity contribution in [1.82, 2.24) is 9.88 Å². The van der Waals surface area contributed by atoms with Gasteiger partial charge in [0.15, 0.2) is 5.13 Å². The molecular formula is C18H27N3O4S2. The van der Waals surface area contributed by atoms with Crippen LogP contribution in [0.3, 0.4) is 0 Å². The van der Waals surface area contributed by atoms with E-state index in [1.807, 2.05) is 4.90 Å². The van der Waals surface area contributed by atoms with Crippen LogP contribution in [0.15, 0.2) is 10.4 Å². The molecule has 9 heteroatoms. The third kappa shape index (κ3) is 5.51. The zero-order valence-corrected chi connectivity index (χ0v) is 17.0. The first-order chi connectivity index (χ1) is 13.0. The number of aliphatic carboxylic acids is 1. The number of carbonyl (C=O) groups is 2. The highest BCUT2D eigenvalue weighted by Gasteiger charge is 2.32. The minimum absolute atomic E-state index is 0.126. The summed E-state index contributed by atoms with van der Waals surface area (Å²) in [5.74, 6) is -1.57. The topological polar surface area (TPSA) is 99.6 Å². The van der Waals surface area contributed by atoms with Crippen LogP contribution in [0.5, 0.6) is 0 Å². The average Bonchev–Trinajstić information content (AvgIpc) is 3.12. The lowest BCUT2D eigenvalue weighted by Gasteiger charge is -2.41. The molecule has 1 aromatic heterocycles. The molecule has 2 N–H and O–H groups in total. The fourth-order valence-electron chi connectivity index (χ4n) is 4.11. The summed E-state index contributed by atoms with van der Waals surface area (Å²) in [6.07, 6.45) is 12.7. The summed E-state index contributed by atoms with van der Waals surface area (Å²) in [6.45, 7) is 0. The van der Waals surface area contributed by atoms with Gasteiger partial charge >= 0.3 is 12.0 Å². The number of nitrogens with zero attached hydrogens (tertiary/aromatic N) is 2. The van der Waals surface area contributed by atoms with Crippen molar-refractivity contribution in [3.63, 3.8) is 0 Å². The number of nitrogens with one attached hydrogen (secondary N) is 1. The first kappa shape index (κ1) is 20.3. The molecule has 0 spiro atoms. The van der Waals surface area contributed by atoms with Gasteiger partial charge in [-0.15, -0.1) is 0 Å². The van der Waals surface area contributed by atoms with E-state index >= 15 is 0 Å². The summed E-state index contributed by atoms with van der Waals surface area (Å²) < 4.78 is 12.3. The summed E-state index contributed by atoms with van der Waals surface area (Å²) in [5, 5.41) is 12.0. The van der Waals surface area contributed by atoms with Crippen molar-refractivity contribution in [3.05, 3.63) is 6.20 Å². The zero-order valence-electron chi connectivity index (χ0n) is 15.4. The number of urea groups is 1. The number of thiazole rings is 1. The van der Waals surface area contributed by atoms with Crippen molar-refractivity contribution in [3.8, 4) is 0 Å². The fraction of sp³-hybridized carbons (Fsp3) is 0.722. The smallest absolute Gasteiger partial charge is 0.324 e. The zero-order chi connectivity index (χ0) is 19.2. The normalized spacial score (nSPS) is 20.1. The lowest BCUT2D eigenvalue weighted by atomic mass is 9.89. The van der Waals surface area contributed by atoms with Crippen LogP contribution in [0.2, 0.25) is 0 Å². The van der Waals surface area contributed by atoms with Gasteiger partial charge in [0.25, 0.3) is 0 Å². The van der Waals surface area contributed by atoms with Gasteiger partial charge in [0.1, 0.15) is 9.96 Å². The van der Waals surface area contributed by atoms with Gasteiger partial charge in [-0.05, 0) is 25.7 Å². The van der Waals surface area contributed by atoms with Gasteiger partial charge in [0, 0.05) is 12.1 Å². The molecule has 1 heterocycles. The molecular weight excluding hydrogens is 386 g/mol. The van der Waals surface area contributed by atoms with E-state index in [0.717, 1.165) is 62.7 Å². The number of hydrogen-bond acceptors (Lipinski definition) is 5. The van der Waals surface area contributed by atoms with Crippen LogP contribution in [0.1, 0.15) is 64.2 Å². The Bertz CT molecular complexity index is 664. The molecule has 1 unspecified atom stereocenters. The van der Waals surface area contributed by atoms with Crippen LogP contribution in [-0.2, 0) is 15.6 Å². The Morgan fingerprint density at radius 1 is 1.11 bits per heavy atom. The molecule has 0 aromatic carbocycles. The highest BCUT2D eigenvalue weighted by molar-refractivity contribution is 7.88. The number of rotatable bonds is 6. The SMILES string of the molecule is O=C(O)CS(=O)c1cnc(NC(=O)N(C2CCCCC2)C2CCCCC2)s1. The highest BCUT2D eigenvalue weighted by Crippen LogP contribution is 2.31. The molecule has 2 aliphatic carbocycles. The van der Waals surface area contributed by atoms with Crippen LogP contribution < -0.4 is 5.32 Å². The third-order valence-electron chi connectivity index (χ3n) is 5.35. The van der Waals surface area contributed by atoms with Crippen LogP contribution in [-0.4, -0.2) is 49.0 Å². The number of aromatic nitrogens is 1. The second kappa shape index (κ2) is 9.64. The number of amides is 2. The maximum atomic E-state index is 13.1. The van der Waals surface area contributed by atoms with Gasteiger partial charge in [-0.2, -0.15) is 0 Å². The van der Waals surface area contributed by atoms with Crippen LogP contribution in [0.4, 0.5) is 9.93 Å². The van der Waals surface area contributed by atoms with Crippen LogP contribution in [0.25, 0.3) is 0 Å². The van der Waals surface area contributed by atoms with Crippen LogP contribution in [0, 0.1) is 0 Å². The van der Waals surface area contributed by atoms with Gasteiger partial charge in [0.2, 0.25) is 0 Å². The van der Waals surface area contributed by atoms with E-state index in [2.05, 4.69) is 10.3 Å². The van der Waals surface area contributed by atoms with Gasteiger partial charge in [-0.25, -0.2) is 9.78 Å². The summed E-state index contributed by atoms with van der Waals surface area (Å²) in [4.78, 5) is 30.0. The molecule has 27 heavy (non-hydrogen) atoms. The van der Waals surface area contributed by atoms with Crippen molar-refractivity contribution in [2.45, 2.75) is 80.5 Å². The maximum absolute atomic E-state index is 13.1. The Morgan fingerprint density at radius 3 is 2.19 bits per heavy atom. The molecule has 2 saturated carbocycles. The number of carboxylic acids is 1. The lowest BCUT2D eigenvalue weighted by Crippen LogP contribution is -2.50. The lowest BCUT2D eigenvalue weighted by molar-refractivity contribution is -0.133. The predicted octanol–water partition coefficient (Wildman–Crippen LogP) is 3.83. The molecule has 1 aromatic rings. The first-order valence-corrected chi connectivity index (χ1v) is 11.8. The van der Waals surface area contributed by atoms with Crippen molar-refractivity contribution in [2.24, 2.45) is 0 Å². The number of carboxylic acid groups (broad SMARTS) is 1. The van der Waals surface area contributed by atoms with Gasteiger partial charge in [-0.3, -0.25) is 14.3 Å². The molecule has 0 aliphatic heterocycles. The van der Waals surface area contributed by atoms with Crippen molar-refractivity contribution >= 4 is 39.3 Å². The number of hydrogen-bond donors (Lipinski definition) is 2. The predicted molar refractivity (Wildman–Crippen MR) is 106 cm³/mol. The van der Waals surface area contributed by atoms with Gasteiger partial charge in [0.05, 0.1) is 17.0 Å². The minimum Gasteiger partial charge on any atom is -0.481 e. The van der Waals surface area contributed by atoms with E-state index in [9.17, 15) is 13.8 Å². The Morgan fingerprint density at radius 2 is 1.67 bits per heavy atom. The molecule has 0 bridgehead atoms. The second-order valence-electron chi connectivity index (χ2n) is 7.29. The Balaban J connectivity index is 1.69. The monoisotopic (exact) mass is 413 g/mol. The Labute approximate surface area is 166 Å². The number of carbonyl (C=O) groups excluding carboxylic acids is 1. The van der Waals surface area contributed by atoms with Crippen molar-refractivity contribution in [1.29, 1.82) is 0 Å². The molecule has 7 nitrogen and oxygen atoms in total. The third-order valence-corrected chi connectivity index (χ3v) is 7.93. The molecule has 2 aliphatic rings. The highest BCUT2D eigenvalue weighted by atomic mass is 32.2. The second-order valence-corrected chi connectivity index (χ2v) is 10.00. The van der Waals surface area contributed by atoms with E-state index in [1.54, 1.807) is 0 Å². The van der Waals surface area contributed by atoms with Crippen molar-refractivity contribution in [2.75, 3.05) is 11.1 Å². The van der Waals surface area contributed by atoms with Gasteiger partial charge < -0.3 is 10.0 Å². The Kier molecular flexibility index (Phi) is 7.23. The van der Waals surface area contributed by atoms with Gasteiger partial charge in [-0.1, -0.05) is 49.9 Å². The summed E-state index contributed by atoms with van der Waals surface area (Å²) in [5.41, 5.74) is 0. The average molecular weight is 414 g/mol. The molecule has 1 atom stereocenters. The van der Waals surface area contributed by atoms with E-state index in [-0.39, 0.29) is 18.1 Å². The molecule has 0 radical (unpaired) electrons. The maximum Gasteiger partial charge on any atom is 0.324 e. The molecule has 2 fully saturated rings. The molecule has 0 saturated heterocycles. The fourth-order valence-corrected chi connectivity index (χ4v) is 5.97. The summed E-state index contributed by atoms with van der Waals surface area (Å²) in [6, 6.07) is 0.434. The van der Waals surface area contributed by atoms with Crippen LogP contribution >= 0.6 is 11.3 Å². The molecule has 3 rings (SSSR count). The quantitative estimate of drug-likeness (QED) is 0.738. The first-order valence-electron chi connectivity index (χ1n) is 9.70. The summed E-state index contributed by atoms with van der Waals surface area (Å²) >= 11 is 1.09. The van der Waals surface area contributed by atoms with E-state index in [4.69, 9.17) is 5.11 Å². The summed E-state index contributed by atoms with van der Waals surface area (Å²) in [7, 11) is -1.64. The molecule has 2 amide bonds. The largest absolute Gasteiger partial charge is 0.481 e. The Hall–Kier alpha value is -1.48.